The first kappa shape index (κ1) is 25.5. The molecule has 0 spiro atoms. The lowest BCUT2D eigenvalue weighted by Gasteiger charge is -2.27. The second-order valence-electron chi connectivity index (χ2n) is 9.46. The molecule has 5 N–H and O–H groups in total. The Morgan fingerprint density at radius 3 is 1.59 bits per heavy atom. The Labute approximate surface area is 195 Å². The lowest BCUT2D eigenvalue weighted by atomic mass is 9.79. The smallest absolute Gasteiger partial charge is 0.201 e. The number of ketones is 2. The fourth-order valence-corrected chi connectivity index (χ4v) is 3.85. The van der Waals surface area contributed by atoms with Gasteiger partial charge in [-0.05, 0) is 24.6 Å². The number of nitrogens with zero attached hydrogens (tertiary/aromatic N) is 2. The fraction of sp³-hybridized carbons (Fsp3) is 0.391. The zero-order valence-electron chi connectivity index (χ0n) is 19.8. The molecule has 0 saturated heterocycles. The van der Waals surface area contributed by atoms with Crippen molar-refractivity contribution in [3.8, 4) is 5.75 Å². The van der Waals surface area contributed by atoms with Crippen LogP contribution in [0.25, 0.3) is 0 Å². The number of anilines is 2. The van der Waals surface area contributed by atoms with Crippen LogP contribution in [0.15, 0.2) is 12.1 Å². The summed E-state index contributed by atoms with van der Waals surface area (Å²) in [6.45, 7) is 2.19. The average molecular weight is 481 g/mol. The minimum Gasteiger partial charge on any atom is -0.504 e. The third-order valence-electron chi connectivity index (χ3n) is 5.65. The predicted molar refractivity (Wildman–Crippen MR) is 121 cm³/mol. The van der Waals surface area contributed by atoms with Crippen molar-refractivity contribution < 1.29 is 43.2 Å². The van der Waals surface area contributed by atoms with Gasteiger partial charge in [0.25, 0.3) is 0 Å². The molecule has 0 amide bonds. The van der Waals surface area contributed by atoms with Crippen molar-refractivity contribution in [3.05, 3.63) is 51.6 Å². The van der Waals surface area contributed by atoms with Crippen LogP contribution in [0.3, 0.4) is 0 Å². The molecule has 2 aromatic carbocycles. The van der Waals surface area contributed by atoms with E-state index in [0.29, 0.717) is 0 Å². The SMILES string of the molecule is Cc1c(F)c(F)c(O)c2c1C(=O)c1c(NCC[N+](C)(C)O)ccc(NCC[N+](C)(C)O)c1C2=O. The van der Waals surface area contributed by atoms with Crippen molar-refractivity contribution in [2.24, 2.45) is 0 Å². The van der Waals surface area contributed by atoms with Gasteiger partial charge in [0, 0.05) is 16.9 Å². The van der Waals surface area contributed by atoms with E-state index in [1.165, 1.54) is 6.92 Å². The molecular formula is C23H30F2N4O5+2. The van der Waals surface area contributed by atoms with Crippen LogP contribution in [0, 0.1) is 18.6 Å². The number of hydrogen-bond acceptors (Lipinski definition) is 7. The van der Waals surface area contributed by atoms with E-state index < -0.39 is 34.5 Å². The van der Waals surface area contributed by atoms with Gasteiger partial charge in [0.2, 0.25) is 11.6 Å². The van der Waals surface area contributed by atoms with Crippen LogP contribution in [0.1, 0.15) is 37.4 Å². The highest BCUT2D eigenvalue weighted by Crippen LogP contribution is 2.42. The van der Waals surface area contributed by atoms with E-state index in [2.05, 4.69) is 10.6 Å². The molecular weight excluding hydrogens is 450 g/mol. The summed E-state index contributed by atoms with van der Waals surface area (Å²) in [4.78, 5) is 27.0. The molecule has 0 fully saturated rings. The summed E-state index contributed by atoms with van der Waals surface area (Å²) in [6, 6.07) is 3.13. The molecule has 0 atom stereocenters. The summed E-state index contributed by atoms with van der Waals surface area (Å²) in [7, 11) is 6.27. The molecule has 1 aliphatic rings. The molecule has 34 heavy (non-hydrogen) atoms. The predicted octanol–water partition coefficient (Wildman–Crippen LogP) is 2.51. The standard InChI is InChI=1S/C23H28F2N4O5/c1-12-15-18(23(32)20(25)19(12)24)22(31)17-14(27-9-11-29(4,5)34)7-6-13(16(17)21(15)30)26-8-10-28(2,3)33/h6-7,33-34H,8-11H2,1-5H3,(H-2,26,27,30,31,32)/p+2. The molecule has 0 unspecified atom stereocenters. The maximum absolute atomic E-state index is 14.4. The highest BCUT2D eigenvalue weighted by molar-refractivity contribution is 6.33. The number of fused-ring (bicyclic) bond motifs is 2. The molecule has 0 saturated carbocycles. The van der Waals surface area contributed by atoms with Gasteiger partial charge in [0.05, 0.1) is 58.0 Å². The number of hydrogen-bond donors (Lipinski definition) is 5. The monoisotopic (exact) mass is 480 g/mol. The molecule has 1 aliphatic carbocycles. The van der Waals surface area contributed by atoms with Crippen LogP contribution >= 0.6 is 0 Å². The van der Waals surface area contributed by atoms with Gasteiger partial charge >= 0.3 is 0 Å². The molecule has 0 radical (unpaired) electrons. The van der Waals surface area contributed by atoms with E-state index in [-0.39, 0.29) is 69.1 Å². The van der Waals surface area contributed by atoms with Gasteiger partial charge in [-0.25, -0.2) is 14.8 Å². The maximum atomic E-state index is 14.4. The van der Waals surface area contributed by atoms with Gasteiger partial charge < -0.3 is 15.7 Å². The summed E-state index contributed by atoms with van der Waals surface area (Å²) in [6.07, 6.45) is 0. The van der Waals surface area contributed by atoms with Crippen LogP contribution in [0.2, 0.25) is 0 Å². The van der Waals surface area contributed by atoms with Crippen molar-refractivity contribution in [2.75, 3.05) is 65.0 Å². The Morgan fingerprint density at radius 2 is 1.18 bits per heavy atom. The highest BCUT2D eigenvalue weighted by Gasteiger charge is 2.40. The first-order chi connectivity index (χ1) is 15.6. The number of hydroxylamine groups is 6. The molecule has 3 rings (SSSR count). The van der Waals surface area contributed by atoms with Crippen molar-refractivity contribution in [1.29, 1.82) is 0 Å². The summed E-state index contributed by atoms with van der Waals surface area (Å²) in [5.74, 6) is -5.76. The van der Waals surface area contributed by atoms with E-state index >= 15 is 0 Å². The van der Waals surface area contributed by atoms with Crippen LogP contribution in [0.4, 0.5) is 20.2 Å². The summed E-state index contributed by atoms with van der Waals surface area (Å²) in [5, 5.41) is 36.1. The normalized spacial score (nSPS) is 13.6. The molecule has 0 aromatic heterocycles. The van der Waals surface area contributed by atoms with E-state index in [9.17, 15) is 33.9 Å². The fourth-order valence-electron chi connectivity index (χ4n) is 3.85. The third kappa shape index (κ3) is 4.87. The number of phenols is 1. The number of nitrogens with one attached hydrogen (secondary N) is 2. The summed E-state index contributed by atoms with van der Waals surface area (Å²) < 4.78 is 28.0. The topological polar surface area (TPSA) is 119 Å². The largest absolute Gasteiger partial charge is 0.504 e. The van der Waals surface area contributed by atoms with Crippen molar-refractivity contribution in [3.63, 3.8) is 0 Å². The van der Waals surface area contributed by atoms with Crippen molar-refractivity contribution >= 4 is 22.9 Å². The number of quaternary nitrogens is 2. The zero-order valence-corrected chi connectivity index (χ0v) is 19.8. The van der Waals surface area contributed by atoms with Gasteiger partial charge in [-0.2, -0.15) is 13.7 Å². The lowest BCUT2D eigenvalue weighted by molar-refractivity contribution is -1.07. The van der Waals surface area contributed by atoms with Gasteiger partial charge in [0.1, 0.15) is 13.1 Å². The Morgan fingerprint density at radius 1 is 0.765 bits per heavy atom. The molecule has 0 heterocycles. The van der Waals surface area contributed by atoms with Crippen molar-refractivity contribution in [2.45, 2.75) is 6.92 Å². The van der Waals surface area contributed by atoms with Crippen molar-refractivity contribution in [1.82, 2.24) is 0 Å². The van der Waals surface area contributed by atoms with Gasteiger partial charge in [0.15, 0.2) is 17.3 Å². The molecule has 9 nitrogen and oxygen atoms in total. The Balaban J connectivity index is 2.15. The first-order valence-electron chi connectivity index (χ1n) is 10.7. The maximum Gasteiger partial charge on any atom is 0.201 e. The Kier molecular flexibility index (Phi) is 6.68. The lowest BCUT2D eigenvalue weighted by Crippen LogP contribution is -2.40. The number of rotatable bonds is 8. The van der Waals surface area contributed by atoms with Gasteiger partial charge in [-0.15, -0.1) is 0 Å². The second-order valence-corrected chi connectivity index (χ2v) is 9.46. The molecule has 0 aliphatic heterocycles. The third-order valence-corrected chi connectivity index (χ3v) is 5.65. The molecule has 2 aromatic rings. The minimum absolute atomic E-state index is 0.0444. The van der Waals surface area contributed by atoms with E-state index in [0.717, 1.165) is 0 Å². The Bertz CT molecular complexity index is 1080. The number of benzene rings is 2. The average Bonchev–Trinajstić information content (AvgIpc) is 2.71. The number of phenolic OH excluding ortho intramolecular Hbond substituents is 1. The Hall–Kier alpha value is -3.12. The first-order valence-corrected chi connectivity index (χ1v) is 10.7. The number of halogens is 2. The van der Waals surface area contributed by atoms with Gasteiger partial charge in [-0.1, -0.05) is 0 Å². The minimum atomic E-state index is -1.59. The number of carbonyl (C=O) groups is 2. The number of carbonyl (C=O) groups excluding carboxylic acids is 2. The van der Waals surface area contributed by atoms with E-state index in [4.69, 9.17) is 0 Å². The molecule has 0 bridgehead atoms. The van der Waals surface area contributed by atoms with Crippen LogP contribution in [-0.2, 0) is 0 Å². The zero-order chi connectivity index (χ0) is 25.6. The van der Waals surface area contributed by atoms with Crippen LogP contribution in [-0.4, -0.2) is 90.7 Å². The number of likely N-dealkylation sites (N-methyl/N-ethyl adjacent to an activating group) is 2. The highest BCUT2D eigenvalue weighted by atomic mass is 19.2. The molecule has 11 heteroatoms. The second kappa shape index (κ2) is 8.91. The van der Waals surface area contributed by atoms with E-state index in [1.54, 1.807) is 40.3 Å². The van der Waals surface area contributed by atoms with Crippen LogP contribution < -0.4 is 10.6 Å². The summed E-state index contributed by atoms with van der Waals surface area (Å²) >= 11 is 0. The summed E-state index contributed by atoms with van der Waals surface area (Å²) in [5.41, 5.74) is -0.952. The molecule has 184 valence electrons. The number of aromatic hydroxyl groups is 1. The van der Waals surface area contributed by atoms with Gasteiger partial charge in [-0.3, -0.25) is 9.59 Å². The van der Waals surface area contributed by atoms with E-state index in [1.807, 2.05) is 0 Å². The quantitative estimate of drug-likeness (QED) is 0.248. The van der Waals surface area contributed by atoms with Crippen LogP contribution in [0.5, 0.6) is 5.75 Å².